The molecular weight excluding hydrogens is 326 g/mol. The predicted molar refractivity (Wildman–Crippen MR) is 104 cm³/mol. The van der Waals surface area contributed by atoms with E-state index in [2.05, 4.69) is 58.4 Å². The third-order valence-corrected chi connectivity index (χ3v) is 4.63. The van der Waals surface area contributed by atoms with Crippen molar-refractivity contribution in [2.75, 3.05) is 39.3 Å². The molecule has 1 N–H and O–H groups in total. The number of hydrogen-bond donors (Lipinski definition) is 1. The number of aliphatic imine (C=N–C) groups is 1. The standard InChI is InChI=1S/C20H29N5O/c1-3-21-20(22-9-7-18-6-4-5-17(2)15-18)25-12-10-24(11-13-25)16-19-8-14-26-23-19/h4-6,8,14-15H,3,7,9-13,16H2,1-2H3,(H,21,22). The Morgan fingerprint density at radius 3 is 2.77 bits per heavy atom. The average Bonchev–Trinajstić information content (AvgIpc) is 3.15. The van der Waals surface area contributed by atoms with Crippen molar-refractivity contribution in [3.63, 3.8) is 0 Å². The van der Waals surface area contributed by atoms with Crippen molar-refractivity contribution in [3.05, 3.63) is 53.4 Å². The molecular formula is C20H29N5O. The monoisotopic (exact) mass is 355 g/mol. The summed E-state index contributed by atoms with van der Waals surface area (Å²) in [6, 6.07) is 10.6. The highest BCUT2D eigenvalue weighted by atomic mass is 16.5. The molecule has 0 amide bonds. The molecule has 1 aliphatic heterocycles. The van der Waals surface area contributed by atoms with E-state index in [0.717, 1.165) is 63.9 Å². The van der Waals surface area contributed by atoms with E-state index in [-0.39, 0.29) is 0 Å². The molecule has 0 bridgehead atoms. The molecule has 6 heteroatoms. The van der Waals surface area contributed by atoms with Gasteiger partial charge in [0.2, 0.25) is 0 Å². The Hall–Kier alpha value is -2.34. The quantitative estimate of drug-likeness (QED) is 0.637. The molecule has 1 saturated heterocycles. The molecule has 26 heavy (non-hydrogen) atoms. The molecule has 140 valence electrons. The highest BCUT2D eigenvalue weighted by molar-refractivity contribution is 5.80. The lowest BCUT2D eigenvalue weighted by atomic mass is 10.1. The second-order valence-electron chi connectivity index (χ2n) is 6.73. The molecule has 0 atom stereocenters. The average molecular weight is 355 g/mol. The first-order chi connectivity index (χ1) is 12.7. The van der Waals surface area contributed by atoms with Crippen LogP contribution < -0.4 is 5.32 Å². The van der Waals surface area contributed by atoms with Crippen molar-refractivity contribution < 1.29 is 4.52 Å². The van der Waals surface area contributed by atoms with Gasteiger partial charge in [0.1, 0.15) is 6.26 Å². The summed E-state index contributed by atoms with van der Waals surface area (Å²) in [5.74, 6) is 1.03. The molecule has 0 unspecified atom stereocenters. The van der Waals surface area contributed by atoms with E-state index >= 15 is 0 Å². The van der Waals surface area contributed by atoms with Gasteiger partial charge < -0.3 is 14.7 Å². The summed E-state index contributed by atoms with van der Waals surface area (Å²) in [5, 5.41) is 7.44. The second kappa shape index (κ2) is 9.38. The fourth-order valence-corrected chi connectivity index (χ4v) is 3.25. The number of rotatable bonds is 6. The topological polar surface area (TPSA) is 56.9 Å². The van der Waals surface area contributed by atoms with Gasteiger partial charge in [0, 0.05) is 51.9 Å². The van der Waals surface area contributed by atoms with Crippen LogP contribution in [0.5, 0.6) is 0 Å². The molecule has 6 nitrogen and oxygen atoms in total. The number of hydrogen-bond acceptors (Lipinski definition) is 4. The molecule has 0 spiro atoms. The molecule has 1 fully saturated rings. The van der Waals surface area contributed by atoms with Crippen molar-refractivity contribution in [1.82, 2.24) is 20.3 Å². The van der Waals surface area contributed by atoms with Gasteiger partial charge in [0.25, 0.3) is 0 Å². The highest BCUT2D eigenvalue weighted by Crippen LogP contribution is 2.08. The van der Waals surface area contributed by atoms with Gasteiger partial charge in [-0.15, -0.1) is 0 Å². The third-order valence-electron chi connectivity index (χ3n) is 4.63. The van der Waals surface area contributed by atoms with Crippen molar-refractivity contribution in [3.8, 4) is 0 Å². The Morgan fingerprint density at radius 1 is 1.23 bits per heavy atom. The number of aryl methyl sites for hydroxylation is 1. The normalized spacial score (nSPS) is 16.1. The Kier molecular flexibility index (Phi) is 6.66. The number of piperazine rings is 1. The second-order valence-corrected chi connectivity index (χ2v) is 6.73. The highest BCUT2D eigenvalue weighted by Gasteiger charge is 2.20. The summed E-state index contributed by atoms with van der Waals surface area (Å²) in [7, 11) is 0. The van der Waals surface area contributed by atoms with Gasteiger partial charge in [0.15, 0.2) is 5.96 Å². The van der Waals surface area contributed by atoms with Crippen molar-refractivity contribution >= 4 is 5.96 Å². The zero-order valence-electron chi connectivity index (χ0n) is 15.8. The molecule has 0 radical (unpaired) electrons. The molecule has 1 aromatic heterocycles. The van der Waals surface area contributed by atoms with Gasteiger partial charge in [-0.2, -0.15) is 0 Å². The van der Waals surface area contributed by atoms with Crippen LogP contribution in [0.2, 0.25) is 0 Å². The van der Waals surface area contributed by atoms with Crippen LogP contribution in [0.3, 0.4) is 0 Å². The molecule has 1 aromatic carbocycles. The SMILES string of the molecule is CCNC(=NCCc1cccc(C)c1)N1CCN(Cc2ccon2)CC1. The maximum Gasteiger partial charge on any atom is 0.194 e. The van der Waals surface area contributed by atoms with E-state index in [0.29, 0.717) is 0 Å². The maximum absolute atomic E-state index is 4.92. The van der Waals surface area contributed by atoms with Gasteiger partial charge in [-0.3, -0.25) is 9.89 Å². The van der Waals surface area contributed by atoms with Crippen LogP contribution in [-0.2, 0) is 13.0 Å². The minimum Gasteiger partial charge on any atom is -0.364 e. The first-order valence-electron chi connectivity index (χ1n) is 9.45. The molecule has 2 aromatic rings. The Morgan fingerprint density at radius 2 is 2.08 bits per heavy atom. The summed E-state index contributed by atoms with van der Waals surface area (Å²) >= 11 is 0. The van der Waals surface area contributed by atoms with Crippen LogP contribution >= 0.6 is 0 Å². The molecule has 2 heterocycles. The van der Waals surface area contributed by atoms with Gasteiger partial charge in [-0.05, 0) is 25.8 Å². The number of aromatic nitrogens is 1. The van der Waals surface area contributed by atoms with E-state index in [1.54, 1.807) is 6.26 Å². The van der Waals surface area contributed by atoms with Crippen LogP contribution in [0.1, 0.15) is 23.7 Å². The summed E-state index contributed by atoms with van der Waals surface area (Å²) < 4.78 is 4.92. The zero-order valence-corrected chi connectivity index (χ0v) is 15.8. The van der Waals surface area contributed by atoms with Crippen molar-refractivity contribution in [2.24, 2.45) is 4.99 Å². The molecule has 1 aliphatic rings. The minimum absolute atomic E-state index is 0.810. The molecule has 0 aliphatic carbocycles. The Bertz CT molecular complexity index is 690. The minimum atomic E-state index is 0.810. The molecule has 0 saturated carbocycles. The van der Waals surface area contributed by atoms with Gasteiger partial charge in [-0.25, -0.2) is 0 Å². The van der Waals surface area contributed by atoms with Gasteiger partial charge >= 0.3 is 0 Å². The van der Waals surface area contributed by atoms with E-state index < -0.39 is 0 Å². The van der Waals surface area contributed by atoms with E-state index in [1.807, 2.05) is 6.07 Å². The van der Waals surface area contributed by atoms with Gasteiger partial charge in [0.05, 0.1) is 5.69 Å². The van der Waals surface area contributed by atoms with E-state index in [9.17, 15) is 0 Å². The summed E-state index contributed by atoms with van der Waals surface area (Å²) in [6.45, 7) is 10.8. The fourth-order valence-electron chi connectivity index (χ4n) is 3.25. The van der Waals surface area contributed by atoms with Crippen LogP contribution in [0.25, 0.3) is 0 Å². The number of guanidine groups is 1. The van der Waals surface area contributed by atoms with E-state index in [4.69, 9.17) is 9.52 Å². The van der Waals surface area contributed by atoms with Crippen molar-refractivity contribution in [1.29, 1.82) is 0 Å². The van der Waals surface area contributed by atoms with Crippen LogP contribution in [0.15, 0.2) is 46.1 Å². The lowest BCUT2D eigenvalue weighted by Crippen LogP contribution is -2.52. The Balaban J connectivity index is 1.51. The summed E-state index contributed by atoms with van der Waals surface area (Å²) in [6.07, 6.45) is 2.61. The summed E-state index contributed by atoms with van der Waals surface area (Å²) in [5.41, 5.74) is 3.65. The number of benzene rings is 1. The van der Waals surface area contributed by atoms with Crippen LogP contribution in [0, 0.1) is 6.92 Å². The largest absolute Gasteiger partial charge is 0.364 e. The zero-order chi connectivity index (χ0) is 18.2. The van der Waals surface area contributed by atoms with E-state index in [1.165, 1.54) is 11.1 Å². The summed E-state index contributed by atoms with van der Waals surface area (Å²) in [4.78, 5) is 9.62. The lowest BCUT2D eigenvalue weighted by Gasteiger charge is -2.36. The van der Waals surface area contributed by atoms with Crippen molar-refractivity contribution in [2.45, 2.75) is 26.8 Å². The number of nitrogens with one attached hydrogen (secondary N) is 1. The first kappa shape index (κ1) is 18.5. The fraction of sp³-hybridized carbons (Fsp3) is 0.500. The number of nitrogens with zero attached hydrogens (tertiary/aromatic N) is 4. The lowest BCUT2D eigenvalue weighted by molar-refractivity contribution is 0.169. The smallest absolute Gasteiger partial charge is 0.194 e. The Labute approximate surface area is 155 Å². The van der Waals surface area contributed by atoms with Crippen LogP contribution in [0.4, 0.5) is 0 Å². The van der Waals surface area contributed by atoms with Gasteiger partial charge in [-0.1, -0.05) is 35.0 Å². The predicted octanol–water partition coefficient (Wildman–Crippen LogP) is 2.31. The molecule has 3 rings (SSSR count). The van der Waals surface area contributed by atoms with Crippen LogP contribution in [-0.4, -0.2) is 60.2 Å². The first-order valence-corrected chi connectivity index (χ1v) is 9.45. The third kappa shape index (κ3) is 5.33. The maximum atomic E-state index is 4.92.